The molecule has 1 aliphatic heterocycles. The number of likely N-dealkylation sites (N-methyl/N-ethyl adjacent to an activating group) is 1. The third kappa shape index (κ3) is 3.25. The van der Waals surface area contributed by atoms with Crippen molar-refractivity contribution in [3.8, 4) is 0 Å². The van der Waals surface area contributed by atoms with Crippen LogP contribution < -0.4 is 16.6 Å². The molecule has 3 rings (SSSR count). The van der Waals surface area contributed by atoms with Gasteiger partial charge in [0, 0.05) is 19.1 Å². The quantitative estimate of drug-likeness (QED) is 0.697. The van der Waals surface area contributed by atoms with Crippen molar-refractivity contribution in [3.63, 3.8) is 0 Å². The van der Waals surface area contributed by atoms with Crippen LogP contribution in [0.1, 0.15) is 12.8 Å². The molecular weight excluding hydrogens is 356 g/mol. The van der Waals surface area contributed by atoms with Crippen LogP contribution in [0.5, 0.6) is 0 Å². The van der Waals surface area contributed by atoms with Crippen molar-refractivity contribution in [2.24, 2.45) is 0 Å². The maximum absolute atomic E-state index is 12.9. The number of sulfonamides is 1. The Morgan fingerprint density at radius 3 is 2.75 bits per heavy atom. The van der Waals surface area contributed by atoms with Crippen LogP contribution >= 0.6 is 12.4 Å². The van der Waals surface area contributed by atoms with E-state index in [1.165, 1.54) is 22.5 Å². The van der Waals surface area contributed by atoms with E-state index in [1.54, 1.807) is 7.05 Å². The number of nitrogens with zero attached hydrogens (tertiary/aromatic N) is 1. The summed E-state index contributed by atoms with van der Waals surface area (Å²) in [6, 6.07) is 4.09. The molecule has 8 nitrogen and oxygen atoms in total. The van der Waals surface area contributed by atoms with Gasteiger partial charge in [-0.1, -0.05) is 0 Å². The van der Waals surface area contributed by atoms with Crippen LogP contribution in [-0.2, 0) is 10.0 Å². The molecule has 0 bridgehead atoms. The Morgan fingerprint density at radius 1 is 1.29 bits per heavy atom. The molecule has 0 saturated carbocycles. The topological polar surface area (TPSA) is 115 Å². The number of aromatic amines is 2. The van der Waals surface area contributed by atoms with E-state index in [9.17, 15) is 18.0 Å². The zero-order valence-electron chi connectivity index (χ0n) is 13.0. The fourth-order valence-electron chi connectivity index (χ4n) is 3.01. The zero-order chi connectivity index (χ0) is 16.6. The van der Waals surface area contributed by atoms with Gasteiger partial charge in [0.25, 0.3) is 5.56 Å². The first kappa shape index (κ1) is 18.7. The van der Waals surface area contributed by atoms with E-state index in [0.29, 0.717) is 18.6 Å². The summed E-state index contributed by atoms with van der Waals surface area (Å²) in [5, 5.41) is 3.16. The SMILES string of the molecule is CNCC1CCCN1S(=O)(=O)c1ccc2[nH]c(=O)[nH]c(=O)c2c1.Cl. The molecule has 132 valence electrons. The van der Waals surface area contributed by atoms with Gasteiger partial charge in [-0.15, -0.1) is 12.4 Å². The summed E-state index contributed by atoms with van der Waals surface area (Å²) in [6.07, 6.45) is 1.62. The third-order valence-corrected chi connectivity index (χ3v) is 6.03. The van der Waals surface area contributed by atoms with Crippen LogP contribution in [0, 0.1) is 0 Å². The minimum absolute atomic E-state index is 0. The second-order valence-electron chi connectivity index (χ2n) is 5.59. The molecule has 3 N–H and O–H groups in total. The molecule has 1 fully saturated rings. The lowest BCUT2D eigenvalue weighted by Crippen LogP contribution is -2.40. The summed E-state index contributed by atoms with van der Waals surface area (Å²) < 4.78 is 27.2. The second kappa shape index (κ2) is 7.06. The van der Waals surface area contributed by atoms with Gasteiger partial charge in [-0.25, -0.2) is 13.2 Å². The third-order valence-electron chi connectivity index (χ3n) is 4.08. The average Bonchev–Trinajstić information content (AvgIpc) is 2.96. The molecule has 24 heavy (non-hydrogen) atoms. The van der Waals surface area contributed by atoms with Gasteiger partial charge in [-0.05, 0) is 38.1 Å². The van der Waals surface area contributed by atoms with E-state index < -0.39 is 21.3 Å². The monoisotopic (exact) mass is 374 g/mol. The van der Waals surface area contributed by atoms with E-state index in [0.717, 1.165) is 12.8 Å². The highest BCUT2D eigenvalue weighted by molar-refractivity contribution is 7.89. The number of hydrogen-bond donors (Lipinski definition) is 3. The predicted octanol–water partition coefficient (Wildman–Crippen LogP) is 0.0107. The molecule has 1 unspecified atom stereocenters. The number of fused-ring (bicyclic) bond motifs is 1. The lowest BCUT2D eigenvalue weighted by Gasteiger charge is -2.24. The van der Waals surface area contributed by atoms with Crippen molar-refractivity contribution in [1.29, 1.82) is 0 Å². The van der Waals surface area contributed by atoms with Gasteiger partial charge in [-0.3, -0.25) is 9.78 Å². The van der Waals surface area contributed by atoms with Gasteiger partial charge in [0.05, 0.1) is 15.8 Å². The standard InChI is InChI=1S/C14H18N4O4S.ClH/c1-15-8-9-3-2-6-18(9)23(21,22)10-4-5-12-11(7-10)13(19)17-14(20)16-12;/h4-5,7,9,15H,2-3,6,8H2,1H3,(H2,16,17,19,20);1H. The normalized spacial score (nSPS) is 18.6. The Morgan fingerprint density at radius 2 is 2.04 bits per heavy atom. The molecule has 1 atom stereocenters. The number of hydrogen-bond acceptors (Lipinski definition) is 5. The smallest absolute Gasteiger partial charge is 0.318 e. The van der Waals surface area contributed by atoms with Gasteiger partial charge in [-0.2, -0.15) is 4.31 Å². The Bertz CT molecular complexity index is 953. The first-order valence-electron chi connectivity index (χ1n) is 7.36. The summed E-state index contributed by atoms with van der Waals surface area (Å²) in [5.74, 6) is 0. The Kier molecular flexibility index (Phi) is 5.49. The number of nitrogens with one attached hydrogen (secondary N) is 3. The van der Waals surface area contributed by atoms with Crippen molar-refractivity contribution in [3.05, 3.63) is 39.0 Å². The summed E-state index contributed by atoms with van der Waals surface area (Å²) in [7, 11) is -1.89. The number of benzene rings is 1. The minimum Gasteiger partial charge on any atom is -0.318 e. The number of halogens is 1. The predicted molar refractivity (Wildman–Crippen MR) is 93.3 cm³/mol. The molecule has 1 saturated heterocycles. The van der Waals surface area contributed by atoms with Crippen molar-refractivity contribution in [2.75, 3.05) is 20.1 Å². The Hall–Kier alpha value is -1.68. The molecule has 1 aliphatic rings. The number of rotatable bonds is 4. The largest absolute Gasteiger partial charge is 0.326 e. The van der Waals surface area contributed by atoms with Crippen molar-refractivity contribution in [2.45, 2.75) is 23.8 Å². The molecule has 0 aliphatic carbocycles. The van der Waals surface area contributed by atoms with Crippen molar-refractivity contribution < 1.29 is 8.42 Å². The summed E-state index contributed by atoms with van der Waals surface area (Å²) >= 11 is 0. The lowest BCUT2D eigenvalue weighted by atomic mass is 10.2. The fourth-order valence-corrected chi connectivity index (χ4v) is 4.72. The highest BCUT2D eigenvalue weighted by atomic mass is 35.5. The van der Waals surface area contributed by atoms with Crippen LogP contribution in [0.15, 0.2) is 32.7 Å². The molecule has 2 heterocycles. The van der Waals surface area contributed by atoms with Gasteiger partial charge in [0.1, 0.15) is 0 Å². The van der Waals surface area contributed by atoms with Crippen LogP contribution in [0.3, 0.4) is 0 Å². The second-order valence-corrected chi connectivity index (χ2v) is 7.48. The maximum atomic E-state index is 12.9. The zero-order valence-corrected chi connectivity index (χ0v) is 14.7. The highest BCUT2D eigenvalue weighted by Gasteiger charge is 2.34. The number of H-pyrrole nitrogens is 2. The molecule has 10 heteroatoms. The van der Waals surface area contributed by atoms with E-state index >= 15 is 0 Å². The van der Waals surface area contributed by atoms with Gasteiger partial charge >= 0.3 is 5.69 Å². The van der Waals surface area contributed by atoms with E-state index in [4.69, 9.17) is 0 Å². The Labute approximate surface area is 144 Å². The molecule has 1 aromatic heterocycles. The van der Waals surface area contributed by atoms with Crippen LogP contribution in [0.4, 0.5) is 0 Å². The summed E-state index contributed by atoms with van der Waals surface area (Å²) in [4.78, 5) is 27.8. The van der Waals surface area contributed by atoms with Crippen LogP contribution in [-0.4, -0.2) is 48.9 Å². The lowest BCUT2D eigenvalue weighted by molar-refractivity contribution is 0.379. The summed E-state index contributed by atoms with van der Waals surface area (Å²) in [5.41, 5.74) is -0.911. The highest BCUT2D eigenvalue weighted by Crippen LogP contribution is 2.26. The molecule has 0 amide bonds. The Balaban J connectivity index is 0.00000208. The molecule has 0 radical (unpaired) electrons. The van der Waals surface area contributed by atoms with Crippen molar-refractivity contribution in [1.82, 2.24) is 19.6 Å². The van der Waals surface area contributed by atoms with Crippen molar-refractivity contribution >= 4 is 33.3 Å². The average molecular weight is 375 g/mol. The molecular formula is C14H19ClN4O4S. The molecule has 1 aromatic carbocycles. The van der Waals surface area contributed by atoms with Crippen LogP contribution in [0.25, 0.3) is 10.9 Å². The first-order valence-corrected chi connectivity index (χ1v) is 8.80. The van der Waals surface area contributed by atoms with E-state index in [2.05, 4.69) is 15.3 Å². The van der Waals surface area contributed by atoms with Gasteiger partial charge in [0.2, 0.25) is 10.0 Å². The van der Waals surface area contributed by atoms with Gasteiger partial charge < -0.3 is 10.3 Å². The van der Waals surface area contributed by atoms with Gasteiger partial charge in [0.15, 0.2) is 0 Å². The fraction of sp³-hybridized carbons (Fsp3) is 0.429. The van der Waals surface area contributed by atoms with Crippen LogP contribution in [0.2, 0.25) is 0 Å². The first-order chi connectivity index (χ1) is 10.9. The maximum Gasteiger partial charge on any atom is 0.326 e. The van der Waals surface area contributed by atoms with E-state index in [-0.39, 0.29) is 28.7 Å². The minimum atomic E-state index is -3.68. The number of aromatic nitrogens is 2. The summed E-state index contributed by atoms with van der Waals surface area (Å²) in [6.45, 7) is 1.05. The molecule has 2 aromatic rings. The molecule has 0 spiro atoms. The van der Waals surface area contributed by atoms with E-state index in [1.807, 2.05) is 0 Å².